The van der Waals surface area contributed by atoms with Gasteiger partial charge in [0.25, 0.3) is 0 Å². The van der Waals surface area contributed by atoms with Crippen molar-refractivity contribution < 1.29 is 9.47 Å². The van der Waals surface area contributed by atoms with Gasteiger partial charge in [0, 0.05) is 18.5 Å². The zero-order valence-corrected chi connectivity index (χ0v) is 11.7. The molecule has 0 radical (unpaired) electrons. The molecular weight excluding hydrogens is 238 g/mol. The average Bonchev–Trinajstić information content (AvgIpc) is 2.72. The van der Waals surface area contributed by atoms with Crippen molar-refractivity contribution in [2.24, 2.45) is 0 Å². The normalized spacial score (nSPS) is 20.4. The number of nitrogens with one attached hydrogen (secondary N) is 1. The standard InChI is InChI=1S/C16H21NO2/c1-16(2)10-13-4-3-5-14(15(13)19-16)18-11-12-6-8-17-9-7-12/h3-6,17H,7-11H2,1-2H3. The summed E-state index contributed by atoms with van der Waals surface area (Å²) >= 11 is 0. The molecule has 0 unspecified atom stereocenters. The maximum Gasteiger partial charge on any atom is 0.165 e. The second-order valence-corrected chi connectivity index (χ2v) is 5.89. The van der Waals surface area contributed by atoms with Crippen LogP contribution in [0.15, 0.2) is 29.8 Å². The van der Waals surface area contributed by atoms with E-state index in [1.807, 2.05) is 6.07 Å². The Balaban J connectivity index is 1.73. The molecule has 0 amide bonds. The van der Waals surface area contributed by atoms with E-state index in [0.29, 0.717) is 6.61 Å². The molecule has 3 nitrogen and oxygen atoms in total. The zero-order chi connectivity index (χ0) is 13.3. The number of hydrogen-bond acceptors (Lipinski definition) is 3. The van der Waals surface area contributed by atoms with Crippen LogP contribution in [0.3, 0.4) is 0 Å². The minimum Gasteiger partial charge on any atom is -0.485 e. The summed E-state index contributed by atoms with van der Waals surface area (Å²) in [5.41, 5.74) is 2.51. The number of hydrogen-bond donors (Lipinski definition) is 1. The lowest BCUT2D eigenvalue weighted by atomic mass is 10.0. The number of ether oxygens (including phenoxy) is 2. The molecule has 0 saturated carbocycles. The van der Waals surface area contributed by atoms with Gasteiger partial charge in [-0.15, -0.1) is 0 Å². The summed E-state index contributed by atoms with van der Waals surface area (Å²) in [6.07, 6.45) is 4.24. The Bertz CT molecular complexity index is 505. The average molecular weight is 259 g/mol. The summed E-state index contributed by atoms with van der Waals surface area (Å²) in [7, 11) is 0. The highest BCUT2D eigenvalue weighted by Gasteiger charge is 2.32. The fourth-order valence-corrected chi connectivity index (χ4v) is 2.67. The summed E-state index contributed by atoms with van der Waals surface area (Å²) in [6.45, 7) is 6.90. The smallest absolute Gasteiger partial charge is 0.165 e. The minimum atomic E-state index is -0.115. The topological polar surface area (TPSA) is 30.5 Å². The maximum atomic E-state index is 6.01. The van der Waals surface area contributed by atoms with Crippen molar-refractivity contribution in [2.75, 3.05) is 19.7 Å². The third kappa shape index (κ3) is 2.76. The Labute approximate surface area is 114 Å². The second kappa shape index (κ2) is 4.89. The zero-order valence-electron chi connectivity index (χ0n) is 11.7. The molecule has 0 atom stereocenters. The lowest BCUT2D eigenvalue weighted by Gasteiger charge is -2.19. The fourth-order valence-electron chi connectivity index (χ4n) is 2.67. The first-order valence-electron chi connectivity index (χ1n) is 6.96. The SMILES string of the molecule is CC1(C)Cc2cccc(OCC3=CCNCC3)c2O1. The Hall–Kier alpha value is -1.48. The predicted molar refractivity (Wildman–Crippen MR) is 75.9 cm³/mol. The van der Waals surface area contributed by atoms with Gasteiger partial charge in [-0.1, -0.05) is 18.2 Å². The Kier molecular flexibility index (Phi) is 3.23. The van der Waals surface area contributed by atoms with Crippen molar-refractivity contribution in [1.82, 2.24) is 5.32 Å². The van der Waals surface area contributed by atoms with Gasteiger partial charge in [0.2, 0.25) is 0 Å². The van der Waals surface area contributed by atoms with Gasteiger partial charge in [-0.25, -0.2) is 0 Å². The van der Waals surface area contributed by atoms with E-state index >= 15 is 0 Å². The second-order valence-electron chi connectivity index (χ2n) is 5.89. The quantitative estimate of drug-likeness (QED) is 0.847. The molecule has 2 aliphatic heterocycles. The third-order valence-electron chi connectivity index (χ3n) is 3.63. The Morgan fingerprint density at radius 3 is 3.05 bits per heavy atom. The first-order chi connectivity index (χ1) is 9.14. The van der Waals surface area contributed by atoms with Gasteiger partial charge in [-0.3, -0.25) is 0 Å². The van der Waals surface area contributed by atoms with Crippen molar-refractivity contribution in [2.45, 2.75) is 32.3 Å². The molecule has 0 spiro atoms. The van der Waals surface area contributed by atoms with Crippen LogP contribution in [-0.4, -0.2) is 25.3 Å². The first-order valence-corrected chi connectivity index (χ1v) is 6.96. The first kappa shape index (κ1) is 12.5. The van der Waals surface area contributed by atoms with Crippen molar-refractivity contribution in [1.29, 1.82) is 0 Å². The Morgan fingerprint density at radius 2 is 2.26 bits per heavy atom. The summed E-state index contributed by atoms with van der Waals surface area (Å²) in [6, 6.07) is 6.18. The summed E-state index contributed by atoms with van der Waals surface area (Å²) < 4.78 is 12.0. The van der Waals surface area contributed by atoms with Crippen LogP contribution in [0, 0.1) is 0 Å². The van der Waals surface area contributed by atoms with Crippen LogP contribution in [0.4, 0.5) is 0 Å². The molecular formula is C16H21NO2. The lowest BCUT2D eigenvalue weighted by molar-refractivity contribution is 0.133. The summed E-state index contributed by atoms with van der Waals surface area (Å²) in [5.74, 6) is 1.81. The highest BCUT2D eigenvalue weighted by Crippen LogP contribution is 2.41. The molecule has 1 N–H and O–H groups in total. The molecule has 2 aliphatic rings. The highest BCUT2D eigenvalue weighted by atomic mass is 16.5. The molecule has 0 fully saturated rings. The summed E-state index contributed by atoms with van der Waals surface area (Å²) in [4.78, 5) is 0. The van der Waals surface area contributed by atoms with Crippen molar-refractivity contribution in [3.63, 3.8) is 0 Å². The molecule has 0 bridgehead atoms. The van der Waals surface area contributed by atoms with E-state index < -0.39 is 0 Å². The van der Waals surface area contributed by atoms with E-state index in [4.69, 9.17) is 9.47 Å². The van der Waals surface area contributed by atoms with Crippen molar-refractivity contribution in [3.05, 3.63) is 35.4 Å². The van der Waals surface area contributed by atoms with Gasteiger partial charge in [-0.05, 0) is 38.5 Å². The molecule has 3 heteroatoms. The van der Waals surface area contributed by atoms with Crippen molar-refractivity contribution in [3.8, 4) is 11.5 Å². The molecule has 0 saturated heterocycles. The van der Waals surface area contributed by atoms with Gasteiger partial charge in [-0.2, -0.15) is 0 Å². The largest absolute Gasteiger partial charge is 0.485 e. The van der Waals surface area contributed by atoms with Gasteiger partial charge in [0.15, 0.2) is 11.5 Å². The predicted octanol–water partition coefficient (Wildman–Crippen LogP) is 2.70. The van der Waals surface area contributed by atoms with Crippen LogP contribution in [0.2, 0.25) is 0 Å². The van der Waals surface area contributed by atoms with Gasteiger partial charge >= 0.3 is 0 Å². The van der Waals surface area contributed by atoms with E-state index in [1.54, 1.807) is 0 Å². The van der Waals surface area contributed by atoms with E-state index in [9.17, 15) is 0 Å². The summed E-state index contributed by atoms with van der Waals surface area (Å²) in [5, 5.41) is 3.31. The van der Waals surface area contributed by atoms with E-state index in [2.05, 4.69) is 37.4 Å². The molecule has 0 aliphatic carbocycles. The minimum absolute atomic E-state index is 0.115. The number of fused-ring (bicyclic) bond motifs is 1. The third-order valence-corrected chi connectivity index (χ3v) is 3.63. The Morgan fingerprint density at radius 1 is 1.37 bits per heavy atom. The van der Waals surface area contributed by atoms with Gasteiger partial charge < -0.3 is 14.8 Å². The lowest BCUT2D eigenvalue weighted by Crippen LogP contribution is -2.25. The number of benzene rings is 1. The highest BCUT2D eigenvalue weighted by molar-refractivity contribution is 5.50. The molecule has 0 aromatic heterocycles. The van der Waals surface area contributed by atoms with Crippen LogP contribution in [-0.2, 0) is 6.42 Å². The van der Waals surface area contributed by atoms with E-state index in [1.165, 1.54) is 11.1 Å². The van der Waals surface area contributed by atoms with Crippen LogP contribution in [0.5, 0.6) is 11.5 Å². The molecule has 1 aromatic rings. The van der Waals surface area contributed by atoms with Crippen LogP contribution < -0.4 is 14.8 Å². The monoisotopic (exact) mass is 259 g/mol. The molecule has 2 heterocycles. The van der Waals surface area contributed by atoms with E-state index in [-0.39, 0.29) is 5.60 Å². The van der Waals surface area contributed by atoms with Gasteiger partial charge in [0.1, 0.15) is 12.2 Å². The maximum absolute atomic E-state index is 6.01. The van der Waals surface area contributed by atoms with E-state index in [0.717, 1.165) is 37.4 Å². The molecule has 3 rings (SSSR count). The molecule has 19 heavy (non-hydrogen) atoms. The van der Waals surface area contributed by atoms with Gasteiger partial charge in [0.05, 0.1) is 0 Å². The number of rotatable bonds is 3. The van der Waals surface area contributed by atoms with Crippen molar-refractivity contribution >= 4 is 0 Å². The van der Waals surface area contributed by atoms with Crippen LogP contribution in [0.25, 0.3) is 0 Å². The van der Waals surface area contributed by atoms with Crippen LogP contribution >= 0.6 is 0 Å². The molecule has 102 valence electrons. The fraction of sp³-hybridized carbons (Fsp3) is 0.500. The van der Waals surface area contributed by atoms with Crippen LogP contribution in [0.1, 0.15) is 25.8 Å². The molecule has 1 aromatic carbocycles. The number of para-hydroxylation sites is 1.